The predicted octanol–water partition coefficient (Wildman–Crippen LogP) is 3.62. The zero-order valence-corrected chi connectivity index (χ0v) is 15.0. The number of aryl methyl sites for hydroxylation is 2. The monoisotopic (exact) mass is 325 g/mol. The summed E-state index contributed by atoms with van der Waals surface area (Å²) in [6, 6.07) is 9.42. The summed E-state index contributed by atoms with van der Waals surface area (Å²) in [5.74, 6) is 0. The molecule has 0 bridgehead atoms. The van der Waals surface area contributed by atoms with Crippen LogP contribution in [0.15, 0.2) is 36.7 Å². The van der Waals surface area contributed by atoms with Gasteiger partial charge in [0, 0.05) is 48.5 Å². The zero-order valence-electron chi connectivity index (χ0n) is 15.0. The van der Waals surface area contributed by atoms with Gasteiger partial charge in [0.2, 0.25) is 0 Å². The Balaban J connectivity index is 1.64. The van der Waals surface area contributed by atoms with E-state index in [0.717, 1.165) is 25.2 Å². The molecule has 0 aliphatic heterocycles. The van der Waals surface area contributed by atoms with E-state index >= 15 is 0 Å². The molecule has 24 heavy (non-hydrogen) atoms. The largest absolute Gasteiger partial charge is 0.361 e. The molecule has 5 nitrogen and oxygen atoms in total. The lowest BCUT2D eigenvalue weighted by Gasteiger charge is -2.29. The van der Waals surface area contributed by atoms with Crippen molar-refractivity contribution in [3.05, 3.63) is 47.9 Å². The number of hydrogen-bond acceptors (Lipinski definition) is 3. The minimum Gasteiger partial charge on any atom is -0.361 e. The van der Waals surface area contributed by atoms with Crippen molar-refractivity contribution >= 4 is 10.9 Å². The van der Waals surface area contributed by atoms with Crippen molar-refractivity contribution in [3.63, 3.8) is 0 Å². The van der Waals surface area contributed by atoms with E-state index in [2.05, 4.69) is 84.6 Å². The van der Waals surface area contributed by atoms with Crippen LogP contribution in [0.25, 0.3) is 10.9 Å². The van der Waals surface area contributed by atoms with Gasteiger partial charge < -0.3 is 4.98 Å². The van der Waals surface area contributed by atoms with Crippen LogP contribution in [0, 0.1) is 0 Å². The highest BCUT2D eigenvalue weighted by molar-refractivity contribution is 5.82. The standard InChI is InChI=1S/C19H27N5/c1-14(2)24(15(3)4)13-17-12-23(22-21-17)10-9-16-11-20-19-8-6-5-7-18(16)19/h5-8,11-12,14-15,20H,9-10,13H2,1-4H3. The van der Waals surface area contributed by atoms with Crippen LogP contribution in [0.1, 0.15) is 39.0 Å². The molecule has 0 unspecified atom stereocenters. The SMILES string of the molecule is CC(C)N(Cc1cn(CCc2c[nH]c3ccccc23)nn1)C(C)C. The lowest BCUT2D eigenvalue weighted by Crippen LogP contribution is -2.36. The van der Waals surface area contributed by atoms with Gasteiger partial charge in [0.25, 0.3) is 0 Å². The second-order valence-electron chi connectivity index (χ2n) is 6.94. The number of hydrogen-bond donors (Lipinski definition) is 1. The minimum atomic E-state index is 0.501. The van der Waals surface area contributed by atoms with Crippen molar-refractivity contribution in [2.75, 3.05) is 0 Å². The molecule has 2 heterocycles. The Hall–Kier alpha value is -2.14. The topological polar surface area (TPSA) is 49.7 Å². The average molecular weight is 325 g/mol. The lowest BCUT2D eigenvalue weighted by atomic mass is 10.1. The van der Waals surface area contributed by atoms with Gasteiger partial charge in [-0.1, -0.05) is 23.4 Å². The van der Waals surface area contributed by atoms with Gasteiger partial charge in [0.15, 0.2) is 0 Å². The van der Waals surface area contributed by atoms with E-state index < -0.39 is 0 Å². The first-order valence-electron chi connectivity index (χ1n) is 8.74. The minimum absolute atomic E-state index is 0.501. The van der Waals surface area contributed by atoms with Crippen molar-refractivity contribution in [1.29, 1.82) is 0 Å². The number of para-hydroxylation sites is 1. The Kier molecular flexibility index (Phi) is 5.00. The molecule has 5 heteroatoms. The highest BCUT2D eigenvalue weighted by atomic mass is 15.4. The third-order valence-electron chi connectivity index (χ3n) is 4.54. The van der Waals surface area contributed by atoms with Crippen LogP contribution >= 0.6 is 0 Å². The zero-order chi connectivity index (χ0) is 17.1. The fraction of sp³-hybridized carbons (Fsp3) is 0.474. The molecule has 3 aromatic rings. The molecule has 0 saturated carbocycles. The molecule has 1 N–H and O–H groups in total. The van der Waals surface area contributed by atoms with Gasteiger partial charge in [-0.15, -0.1) is 5.10 Å². The number of rotatable bonds is 7. The molecule has 3 rings (SSSR count). The molecule has 0 fully saturated rings. The van der Waals surface area contributed by atoms with Crippen LogP contribution in [0.5, 0.6) is 0 Å². The number of nitrogens with one attached hydrogen (secondary N) is 1. The first-order chi connectivity index (χ1) is 11.5. The molecular weight excluding hydrogens is 298 g/mol. The van der Waals surface area contributed by atoms with E-state index in [1.807, 2.05) is 4.68 Å². The van der Waals surface area contributed by atoms with Crippen molar-refractivity contribution < 1.29 is 0 Å². The van der Waals surface area contributed by atoms with E-state index in [1.165, 1.54) is 16.5 Å². The van der Waals surface area contributed by atoms with Gasteiger partial charge >= 0.3 is 0 Å². The Labute approximate surface area is 143 Å². The number of fused-ring (bicyclic) bond motifs is 1. The molecule has 2 aromatic heterocycles. The van der Waals surface area contributed by atoms with Crippen LogP contribution in [-0.4, -0.2) is 37.0 Å². The second kappa shape index (κ2) is 7.18. The summed E-state index contributed by atoms with van der Waals surface area (Å²) in [5, 5.41) is 9.94. The average Bonchev–Trinajstić information content (AvgIpc) is 3.16. The normalized spacial score (nSPS) is 12.1. The Bertz CT molecular complexity index is 776. The van der Waals surface area contributed by atoms with Crippen LogP contribution in [0.4, 0.5) is 0 Å². The van der Waals surface area contributed by atoms with E-state index in [0.29, 0.717) is 12.1 Å². The number of nitrogens with zero attached hydrogens (tertiary/aromatic N) is 4. The van der Waals surface area contributed by atoms with Gasteiger partial charge in [0.05, 0.1) is 5.69 Å². The maximum Gasteiger partial charge on any atom is 0.0967 e. The number of aromatic nitrogens is 4. The summed E-state index contributed by atoms with van der Waals surface area (Å²) in [6.45, 7) is 10.6. The number of H-pyrrole nitrogens is 1. The van der Waals surface area contributed by atoms with E-state index in [-0.39, 0.29) is 0 Å². The van der Waals surface area contributed by atoms with Crippen molar-refractivity contribution in [2.24, 2.45) is 0 Å². The summed E-state index contributed by atoms with van der Waals surface area (Å²) in [5.41, 5.74) is 3.56. The van der Waals surface area contributed by atoms with Crippen molar-refractivity contribution in [2.45, 2.75) is 59.3 Å². The van der Waals surface area contributed by atoms with Gasteiger partial charge in [-0.2, -0.15) is 0 Å². The fourth-order valence-corrected chi connectivity index (χ4v) is 3.24. The molecule has 1 aromatic carbocycles. The Morgan fingerprint density at radius 1 is 1.12 bits per heavy atom. The highest BCUT2D eigenvalue weighted by Crippen LogP contribution is 2.18. The van der Waals surface area contributed by atoms with Gasteiger partial charge in [0.1, 0.15) is 0 Å². The van der Waals surface area contributed by atoms with E-state index in [1.54, 1.807) is 0 Å². The van der Waals surface area contributed by atoms with Gasteiger partial charge in [-0.25, -0.2) is 0 Å². The number of aromatic amines is 1. The van der Waals surface area contributed by atoms with E-state index in [4.69, 9.17) is 0 Å². The summed E-state index contributed by atoms with van der Waals surface area (Å²) >= 11 is 0. The molecule has 0 atom stereocenters. The first kappa shape index (κ1) is 16.7. The van der Waals surface area contributed by atoms with Crippen LogP contribution < -0.4 is 0 Å². The third kappa shape index (κ3) is 3.67. The Morgan fingerprint density at radius 3 is 2.62 bits per heavy atom. The maximum absolute atomic E-state index is 4.35. The first-order valence-corrected chi connectivity index (χ1v) is 8.74. The lowest BCUT2D eigenvalue weighted by molar-refractivity contribution is 0.164. The van der Waals surface area contributed by atoms with Gasteiger partial charge in [-0.05, 0) is 45.7 Å². The van der Waals surface area contributed by atoms with Crippen LogP contribution in [-0.2, 0) is 19.5 Å². The summed E-state index contributed by atoms with van der Waals surface area (Å²) < 4.78 is 1.95. The molecule has 0 saturated heterocycles. The quantitative estimate of drug-likeness (QED) is 0.722. The molecule has 0 spiro atoms. The molecular formula is C19H27N5. The molecule has 0 aliphatic rings. The molecule has 128 valence electrons. The summed E-state index contributed by atoms with van der Waals surface area (Å²) in [4.78, 5) is 5.75. The fourth-order valence-electron chi connectivity index (χ4n) is 3.24. The molecule has 0 aliphatic carbocycles. The third-order valence-corrected chi connectivity index (χ3v) is 4.54. The van der Waals surface area contributed by atoms with Crippen LogP contribution in [0.2, 0.25) is 0 Å². The smallest absolute Gasteiger partial charge is 0.0967 e. The number of benzene rings is 1. The predicted molar refractivity (Wildman–Crippen MR) is 97.8 cm³/mol. The molecule has 0 amide bonds. The highest BCUT2D eigenvalue weighted by Gasteiger charge is 2.15. The Morgan fingerprint density at radius 2 is 1.88 bits per heavy atom. The van der Waals surface area contributed by atoms with Crippen molar-refractivity contribution in [1.82, 2.24) is 24.9 Å². The van der Waals surface area contributed by atoms with Crippen LogP contribution in [0.3, 0.4) is 0 Å². The summed E-state index contributed by atoms with van der Waals surface area (Å²) in [6.07, 6.45) is 5.12. The maximum atomic E-state index is 4.35. The second-order valence-corrected chi connectivity index (χ2v) is 6.94. The van der Waals surface area contributed by atoms with Crippen molar-refractivity contribution in [3.8, 4) is 0 Å². The summed E-state index contributed by atoms with van der Waals surface area (Å²) in [7, 11) is 0. The molecule has 0 radical (unpaired) electrons. The van der Waals surface area contributed by atoms with Gasteiger partial charge in [-0.3, -0.25) is 9.58 Å². The van der Waals surface area contributed by atoms with E-state index in [9.17, 15) is 0 Å².